The van der Waals surface area contributed by atoms with Gasteiger partial charge in [0.05, 0.1) is 7.29 Å². The summed E-state index contributed by atoms with van der Waals surface area (Å²) in [5.41, 5.74) is 1.29. The van der Waals surface area contributed by atoms with E-state index in [0.717, 1.165) is 5.57 Å². The van der Waals surface area contributed by atoms with Crippen LogP contribution < -0.4 is 0 Å². The van der Waals surface area contributed by atoms with Gasteiger partial charge < -0.3 is 10.2 Å². The molecule has 0 radical (unpaired) electrons. The minimum atomic E-state index is -2.11. The van der Waals surface area contributed by atoms with E-state index in [1.165, 1.54) is 0 Å². The summed E-state index contributed by atoms with van der Waals surface area (Å²) < 4.78 is 7.99. The number of hydroxylamine groups is 3. The van der Waals surface area contributed by atoms with Crippen molar-refractivity contribution in [3.05, 3.63) is 47.5 Å². The molecule has 0 aliphatic heterocycles. The first-order valence-corrected chi connectivity index (χ1v) is 8.96. The van der Waals surface area contributed by atoms with E-state index in [0.29, 0.717) is 5.56 Å². The first-order chi connectivity index (χ1) is 12.4. The van der Waals surface area contributed by atoms with Gasteiger partial charge in [0, 0.05) is 0 Å². The monoisotopic (exact) mass is 363 g/mol. The summed E-state index contributed by atoms with van der Waals surface area (Å²) in [7, 11) is 3.15. The molecule has 1 aliphatic rings. The first kappa shape index (κ1) is 19.1. The van der Waals surface area contributed by atoms with Crippen LogP contribution in [0.2, 0.25) is 0 Å². The number of nitrogens with zero attached hydrogens (tertiary/aromatic N) is 1. The number of hydrogen-bond donors (Lipinski definition) is 2. The Morgan fingerprint density at radius 3 is 2.42 bits per heavy atom. The Labute approximate surface area is 157 Å². The number of carbonyl (C=O) groups excluding carboxylic acids is 1. The Morgan fingerprint density at radius 1 is 1.35 bits per heavy atom. The fourth-order valence-corrected chi connectivity index (χ4v) is 3.53. The Kier molecular flexibility index (Phi) is 5.51. The van der Waals surface area contributed by atoms with Gasteiger partial charge in [-0.1, -0.05) is 55.8 Å². The van der Waals surface area contributed by atoms with Crippen LogP contribution in [-0.2, 0) is 9.63 Å². The highest BCUT2D eigenvalue weighted by atomic mass is 16.7. The number of likely N-dealkylation sites (N-methyl/N-ethyl adjacent to an activating group) is 1. The molecule has 0 amide bonds. The number of quaternary nitrogens is 1. The molecule has 5 heteroatoms. The maximum absolute atomic E-state index is 12.8. The summed E-state index contributed by atoms with van der Waals surface area (Å²) in [5.74, 6) is -0.555. The molecule has 5 nitrogen and oxygen atoms in total. The van der Waals surface area contributed by atoms with Crippen LogP contribution in [0.1, 0.15) is 40.7 Å². The van der Waals surface area contributed by atoms with E-state index < -0.39 is 23.4 Å². The summed E-state index contributed by atoms with van der Waals surface area (Å²) >= 11 is 0. The molecule has 0 saturated heterocycles. The molecule has 4 atom stereocenters. The molecular formula is C21H32NO4+. The number of carbonyl (C=O) groups is 1. The highest BCUT2D eigenvalue weighted by molar-refractivity contribution is 5.77. The summed E-state index contributed by atoms with van der Waals surface area (Å²) in [6, 6.07) is 7.38. The third kappa shape index (κ3) is 4.17. The van der Waals surface area contributed by atoms with Crippen LogP contribution in [0.3, 0.4) is 0 Å². The third-order valence-corrected chi connectivity index (χ3v) is 5.31. The summed E-state index contributed by atoms with van der Waals surface area (Å²) in [6.07, 6.45) is -0.0293. The SMILES string of the molecule is [2H]C(O)(c1ccccc1)[C@@H](CO)[N+](C)(C)OC(=O)[C@@H]1[C@@H](C=C(C)C)C1(C)C. The van der Waals surface area contributed by atoms with Gasteiger partial charge in [0.2, 0.25) is 0 Å². The second-order valence-corrected chi connectivity index (χ2v) is 8.36. The van der Waals surface area contributed by atoms with Crippen molar-refractivity contribution in [1.29, 1.82) is 0 Å². The van der Waals surface area contributed by atoms with Crippen LogP contribution in [0.5, 0.6) is 0 Å². The molecule has 2 N–H and O–H groups in total. The van der Waals surface area contributed by atoms with Crippen LogP contribution in [0.4, 0.5) is 0 Å². The predicted molar refractivity (Wildman–Crippen MR) is 101 cm³/mol. The normalized spacial score (nSPS) is 25.5. The van der Waals surface area contributed by atoms with Crippen molar-refractivity contribution in [3.8, 4) is 0 Å². The highest BCUT2D eigenvalue weighted by Crippen LogP contribution is 2.60. The van der Waals surface area contributed by atoms with Gasteiger partial charge in [-0.2, -0.15) is 0 Å². The highest BCUT2D eigenvalue weighted by Gasteiger charge is 2.63. The molecule has 2 rings (SSSR count). The van der Waals surface area contributed by atoms with E-state index in [1.807, 2.05) is 27.7 Å². The van der Waals surface area contributed by atoms with Crippen LogP contribution in [0, 0.1) is 17.3 Å². The van der Waals surface area contributed by atoms with E-state index in [-0.39, 0.29) is 23.2 Å². The molecular weight excluding hydrogens is 330 g/mol. The molecule has 0 bridgehead atoms. The van der Waals surface area contributed by atoms with Gasteiger partial charge in [0.25, 0.3) is 0 Å². The van der Waals surface area contributed by atoms with Gasteiger partial charge in [-0.3, -0.25) is 4.84 Å². The lowest BCUT2D eigenvalue weighted by Gasteiger charge is -2.36. The molecule has 0 aromatic heterocycles. The van der Waals surface area contributed by atoms with E-state index in [9.17, 15) is 15.0 Å². The second kappa shape index (κ2) is 7.51. The number of hydrogen-bond acceptors (Lipinski definition) is 4. The number of allylic oxidation sites excluding steroid dienone is 2. The Hall–Kier alpha value is -1.69. The smallest absolute Gasteiger partial charge is 0.370 e. The van der Waals surface area contributed by atoms with E-state index in [4.69, 9.17) is 6.21 Å². The fraction of sp³-hybridized carbons (Fsp3) is 0.571. The topological polar surface area (TPSA) is 66.8 Å². The van der Waals surface area contributed by atoms with Crippen LogP contribution in [0.15, 0.2) is 42.0 Å². The lowest BCUT2D eigenvalue weighted by Crippen LogP contribution is -2.54. The van der Waals surface area contributed by atoms with Crippen LogP contribution in [0.25, 0.3) is 0 Å². The van der Waals surface area contributed by atoms with Crippen LogP contribution in [-0.4, -0.2) is 47.6 Å². The van der Waals surface area contributed by atoms with Crippen molar-refractivity contribution in [1.82, 2.24) is 0 Å². The summed E-state index contributed by atoms with van der Waals surface area (Å²) in [6.45, 7) is 7.53. The van der Waals surface area contributed by atoms with Crippen molar-refractivity contribution in [2.75, 3.05) is 20.7 Å². The Bertz CT molecular complexity index is 708. The molecule has 1 unspecified atom stereocenters. The zero-order chi connectivity index (χ0) is 20.6. The quantitative estimate of drug-likeness (QED) is 0.444. The first-order valence-electron chi connectivity index (χ1n) is 9.46. The molecule has 1 fully saturated rings. The van der Waals surface area contributed by atoms with Crippen molar-refractivity contribution >= 4 is 5.97 Å². The van der Waals surface area contributed by atoms with Gasteiger partial charge in [-0.15, -0.1) is 4.65 Å². The molecule has 1 saturated carbocycles. The Balaban J connectivity index is 2.21. The van der Waals surface area contributed by atoms with Gasteiger partial charge in [0.15, 0.2) is 6.04 Å². The summed E-state index contributed by atoms with van der Waals surface area (Å²) in [4.78, 5) is 18.5. The molecule has 1 aliphatic carbocycles. The molecule has 1 aromatic carbocycles. The van der Waals surface area contributed by atoms with Crippen LogP contribution >= 0.6 is 0 Å². The standard InChI is InChI=1S/C21H32NO4/c1-14(2)12-16-18(21(16,3)4)20(25)26-22(5,6)17(13-23)19(24)15-10-8-7-9-11-15/h7-12,16-19,23-24H,13H2,1-6H3/q+1/t16-,17-,18+,19?/m1/s1/i19D. The largest absolute Gasteiger partial charge is 0.390 e. The number of aliphatic hydroxyl groups excluding tert-OH is 1. The minimum absolute atomic E-state index is 0.103. The van der Waals surface area contributed by atoms with Crippen molar-refractivity contribution in [2.45, 2.75) is 39.8 Å². The average molecular weight is 363 g/mol. The molecule has 144 valence electrons. The van der Waals surface area contributed by atoms with E-state index in [1.54, 1.807) is 44.4 Å². The zero-order valence-corrected chi connectivity index (χ0v) is 16.6. The third-order valence-electron chi connectivity index (χ3n) is 5.31. The Morgan fingerprint density at radius 2 is 1.92 bits per heavy atom. The second-order valence-electron chi connectivity index (χ2n) is 8.36. The van der Waals surface area contributed by atoms with Crippen molar-refractivity contribution < 1.29 is 25.9 Å². The zero-order valence-electron chi connectivity index (χ0n) is 17.6. The van der Waals surface area contributed by atoms with Gasteiger partial charge >= 0.3 is 5.97 Å². The summed E-state index contributed by atoms with van der Waals surface area (Å²) in [5, 5.41) is 20.7. The lowest BCUT2D eigenvalue weighted by atomic mass is 10.0. The molecule has 26 heavy (non-hydrogen) atoms. The number of aliphatic hydroxyl groups is 2. The fourth-order valence-electron chi connectivity index (χ4n) is 3.53. The predicted octanol–water partition coefficient (Wildman–Crippen LogP) is 2.85. The van der Waals surface area contributed by atoms with Crippen molar-refractivity contribution in [3.63, 3.8) is 0 Å². The van der Waals surface area contributed by atoms with Gasteiger partial charge in [0.1, 0.15) is 26.8 Å². The molecule has 0 heterocycles. The molecule has 0 spiro atoms. The van der Waals surface area contributed by atoms with E-state index >= 15 is 0 Å². The maximum Gasteiger partial charge on any atom is 0.370 e. The maximum atomic E-state index is 12.8. The van der Waals surface area contributed by atoms with E-state index in [2.05, 4.69) is 6.08 Å². The number of benzene rings is 1. The lowest BCUT2D eigenvalue weighted by molar-refractivity contribution is -1.08. The average Bonchev–Trinajstić information content (AvgIpc) is 3.07. The van der Waals surface area contributed by atoms with Gasteiger partial charge in [-0.25, -0.2) is 4.79 Å². The van der Waals surface area contributed by atoms with Crippen molar-refractivity contribution in [2.24, 2.45) is 17.3 Å². The molecule has 1 aromatic rings. The minimum Gasteiger partial charge on any atom is -0.390 e. The van der Waals surface area contributed by atoms with Gasteiger partial charge in [-0.05, 0) is 30.7 Å². The number of rotatable bonds is 7.